The van der Waals surface area contributed by atoms with Crippen molar-refractivity contribution in [2.45, 2.75) is 25.2 Å². The first-order chi connectivity index (χ1) is 12.3. The Balaban J connectivity index is 1.47. The molecule has 4 heteroatoms. The van der Waals surface area contributed by atoms with E-state index in [-0.39, 0.29) is 0 Å². The highest BCUT2D eigenvalue weighted by Crippen LogP contribution is 2.28. The largest absolute Gasteiger partial charge is 0.346 e. The lowest BCUT2D eigenvalue weighted by Gasteiger charge is -2.27. The maximum Gasteiger partial charge on any atom is 0.186 e. The van der Waals surface area contributed by atoms with Crippen LogP contribution in [0, 0.1) is 0 Å². The van der Waals surface area contributed by atoms with E-state index in [9.17, 15) is 0 Å². The van der Waals surface area contributed by atoms with Crippen molar-refractivity contribution in [2.75, 3.05) is 13.2 Å². The second-order valence-corrected chi connectivity index (χ2v) is 6.39. The Morgan fingerprint density at radius 1 is 0.920 bits per heavy atom. The van der Waals surface area contributed by atoms with Gasteiger partial charge in [0.1, 0.15) is 0 Å². The summed E-state index contributed by atoms with van der Waals surface area (Å²) in [6.07, 6.45) is 5.68. The van der Waals surface area contributed by atoms with E-state index in [0.717, 1.165) is 24.1 Å². The van der Waals surface area contributed by atoms with Gasteiger partial charge >= 0.3 is 0 Å². The SMILES string of the molecule is c1ccc(CCC2(Cn3cnc(-c4ccccc4)c3)OCCO2)cc1. The average Bonchev–Trinajstić information content (AvgIpc) is 3.32. The zero-order valence-electron chi connectivity index (χ0n) is 14.2. The third kappa shape index (κ3) is 3.81. The number of ether oxygens (including phenoxy) is 2. The number of hydrogen-bond acceptors (Lipinski definition) is 3. The van der Waals surface area contributed by atoms with E-state index in [0.29, 0.717) is 19.8 Å². The van der Waals surface area contributed by atoms with Gasteiger partial charge in [-0.1, -0.05) is 60.7 Å². The van der Waals surface area contributed by atoms with Crippen molar-refractivity contribution in [2.24, 2.45) is 0 Å². The van der Waals surface area contributed by atoms with E-state index >= 15 is 0 Å². The van der Waals surface area contributed by atoms with Crippen molar-refractivity contribution >= 4 is 0 Å². The zero-order chi connectivity index (χ0) is 17.0. The van der Waals surface area contributed by atoms with Crippen LogP contribution in [-0.2, 0) is 22.4 Å². The Hall–Kier alpha value is -2.43. The minimum atomic E-state index is -0.565. The van der Waals surface area contributed by atoms with Gasteiger partial charge in [0, 0.05) is 18.2 Å². The van der Waals surface area contributed by atoms with Crippen LogP contribution in [0.15, 0.2) is 73.2 Å². The molecule has 1 aliphatic rings. The summed E-state index contributed by atoms with van der Waals surface area (Å²) in [5, 5.41) is 0. The minimum Gasteiger partial charge on any atom is -0.346 e. The van der Waals surface area contributed by atoms with Crippen molar-refractivity contribution < 1.29 is 9.47 Å². The Bertz CT molecular complexity index is 793. The van der Waals surface area contributed by atoms with Crippen LogP contribution in [0.25, 0.3) is 11.3 Å². The molecule has 128 valence electrons. The Morgan fingerprint density at radius 2 is 1.60 bits per heavy atom. The zero-order valence-corrected chi connectivity index (χ0v) is 14.2. The standard InChI is InChI=1S/C21H22N2O2/c1-3-7-18(8-4-1)11-12-21(24-13-14-25-21)16-23-15-20(22-17-23)19-9-5-2-6-10-19/h1-10,15,17H,11-14,16H2. The minimum absolute atomic E-state index is 0.565. The second-order valence-electron chi connectivity index (χ2n) is 6.39. The highest BCUT2D eigenvalue weighted by atomic mass is 16.7. The fourth-order valence-corrected chi connectivity index (χ4v) is 3.27. The van der Waals surface area contributed by atoms with Gasteiger partial charge < -0.3 is 14.0 Å². The molecule has 1 aromatic heterocycles. The van der Waals surface area contributed by atoms with Gasteiger partial charge in [0.05, 0.1) is 31.8 Å². The van der Waals surface area contributed by atoms with Crippen molar-refractivity contribution in [3.8, 4) is 11.3 Å². The topological polar surface area (TPSA) is 36.3 Å². The molecule has 4 rings (SSSR count). The van der Waals surface area contributed by atoms with Gasteiger partial charge in [0.15, 0.2) is 5.79 Å². The summed E-state index contributed by atoms with van der Waals surface area (Å²) in [5.41, 5.74) is 3.39. The molecule has 0 aliphatic carbocycles. The second kappa shape index (κ2) is 7.21. The molecule has 0 unspecified atom stereocenters. The molecular weight excluding hydrogens is 312 g/mol. The van der Waals surface area contributed by atoms with E-state index in [1.165, 1.54) is 5.56 Å². The molecule has 25 heavy (non-hydrogen) atoms. The molecule has 0 saturated carbocycles. The molecule has 1 saturated heterocycles. The molecule has 2 heterocycles. The molecule has 0 atom stereocenters. The van der Waals surface area contributed by atoms with Crippen LogP contribution in [0.2, 0.25) is 0 Å². The first kappa shape index (κ1) is 16.1. The molecular formula is C21H22N2O2. The van der Waals surface area contributed by atoms with Gasteiger partial charge in [-0.2, -0.15) is 0 Å². The Morgan fingerprint density at radius 3 is 2.32 bits per heavy atom. The molecule has 3 aromatic rings. The van der Waals surface area contributed by atoms with Crippen LogP contribution in [-0.4, -0.2) is 28.6 Å². The highest BCUT2D eigenvalue weighted by Gasteiger charge is 2.36. The van der Waals surface area contributed by atoms with Gasteiger partial charge in [0.2, 0.25) is 0 Å². The molecule has 1 fully saturated rings. The first-order valence-electron chi connectivity index (χ1n) is 8.72. The van der Waals surface area contributed by atoms with Gasteiger partial charge in [-0.25, -0.2) is 4.98 Å². The quantitative estimate of drug-likeness (QED) is 0.685. The molecule has 0 spiro atoms. The van der Waals surface area contributed by atoms with E-state index in [4.69, 9.17) is 9.47 Å². The van der Waals surface area contributed by atoms with Crippen LogP contribution in [0.5, 0.6) is 0 Å². The summed E-state index contributed by atoms with van der Waals surface area (Å²) in [6, 6.07) is 20.7. The summed E-state index contributed by atoms with van der Waals surface area (Å²) < 4.78 is 14.1. The molecule has 0 bridgehead atoms. The molecule has 4 nitrogen and oxygen atoms in total. The van der Waals surface area contributed by atoms with Crippen molar-refractivity contribution in [3.63, 3.8) is 0 Å². The van der Waals surface area contributed by atoms with Crippen LogP contribution in [0.1, 0.15) is 12.0 Å². The van der Waals surface area contributed by atoms with Gasteiger partial charge in [-0.05, 0) is 12.0 Å². The first-order valence-corrected chi connectivity index (χ1v) is 8.72. The fraction of sp³-hybridized carbons (Fsp3) is 0.286. The molecule has 0 amide bonds. The number of hydrogen-bond donors (Lipinski definition) is 0. The summed E-state index contributed by atoms with van der Waals surface area (Å²) >= 11 is 0. The summed E-state index contributed by atoms with van der Waals surface area (Å²) in [6.45, 7) is 1.95. The maximum atomic E-state index is 6.01. The van der Waals surface area contributed by atoms with Crippen LogP contribution >= 0.6 is 0 Å². The lowest BCUT2D eigenvalue weighted by molar-refractivity contribution is -0.171. The van der Waals surface area contributed by atoms with Crippen molar-refractivity contribution in [3.05, 3.63) is 78.8 Å². The van der Waals surface area contributed by atoms with E-state index in [2.05, 4.69) is 52.1 Å². The van der Waals surface area contributed by atoms with Crippen LogP contribution < -0.4 is 0 Å². The summed E-state index contributed by atoms with van der Waals surface area (Å²) in [5.74, 6) is -0.565. The number of benzene rings is 2. The van der Waals surface area contributed by atoms with Crippen LogP contribution in [0.3, 0.4) is 0 Å². The lowest BCUT2D eigenvalue weighted by atomic mass is 10.0. The number of aromatic nitrogens is 2. The molecule has 0 N–H and O–H groups in total. The predicted octanol–water partition coefficient (Wildman–Crippen LogP) is 3.93. The molecule has 2 aromatic carbocycles. The van der Waals surface area contributed by atoms with Gasteiger partial charge in [0.25, 0.3) is 0 Å². The number of aryl methyl sites for hydroxylation is 1. The summed E-state index contributed by atoms with van der Waals surface area (Å²) in [4.78, 5) is 4.53. The third-order valence-electron chi connectivity index (χ3n) is 4.58. The fourth-order valence-electron chi connectivity index (χ4n) is 3.27. The lowest BCUT2D eigenvalue weighted by Crippen LogP contribution is -2.35. The van der Waals surface area contributed by atoms with Crippen LogP contribution in [0.4, 0.5) is 0 Å². The number of imidazole rings is 1. The number of nitrogens with zero attached hydrogens (tertiary/aromatic N) is 2. The molecule has 0 radical (unpaired) electrons. The molecule has 1 aliphatic heterocycles. The average molecular weight is 334 g/mol. The monoisotopic (exact) mass is 334 g/mol. The smallest absolute Gasteiger partial charge is 0.186 e. The highest BCUT2D eigenvalue weighted by molar-refractivity contribution is 5.57. The van der Waals surface area contributed by atoms with Crippen molar-refractivity contribution in [1.82, 2.24) is 9.55 Å². The van der Waals surface area contributed by atoms with E-state index in [1.807, 2.05) is 30.6 Å². The van der Waals surface area contributed by atoms with Crippen molar-refractivity contribution in [1.29, 1.82) is 0 Å². The predicted molar refractivity (Wildman–Crippen MR) is 97.1 cm³/mol. The maximum absolute atomic E-state index is 6.01. The normalized spacial score (nSPS) is 16.2. The van der Waals surface area contributed by atoms with Gasteiger partial charge in [-0.3, -0.25) is 0 Å². The number of rotatable bonds is 6. The van der Waals surface area contributed by atoms with E-state index in [1.54, 1.807) is 0 Å². The third-order valence-corrected chi connectivity index (χ3v) is 4.58. The van der Waals surface area contributed by atoms with Gasteiger partial charge in [-0.15, -0.1) is 0 Å². The summed E-state index contributed by atoms with van der Waals surface area (Å²) in [7, 11) is 0. The Kier molecular flexibility index (Phi) is 4.63. The van der Waals surface area contributed by atoms with E-state index < -0.39 is 5.79 Å². The Labute approximate surface area is 148 Å².